The van der Waals surface area contributed by atoms with Crippen molar-refractivity contribution in [3.63, 3.8) is 0 Å². The molecule has 1 aromatic heterocycles. The van der Waals surface area contributed by atoms with Gasteiger partial charge in [-0.05, 0) is 24.0 Å². The van der Waals surface area contributed by atoms with Gasteiger partial charge in [-0.2, -0.15) is 0 Å². The van der Waals surface area contributed by atoms with Crippen molar-refractivity contribution in [1.29, 1.82) is 0 Å². The van der Waals surface area contributed by atoms with E-state index in [1.165, 1.54) is 6.26 Å². The van der Waals surface area contributed by atoms with Crippen LogP contribution in [0.5, 0.6) is 0 Å². The molecule has 1 aromatic rings. The second-order valence-corrected chi connectivity index (χ2v) is 5.21. The molecule has 4 nitrogen and oxygen atoms in total. The van der Waals surface area contributed by atoms with E-state index >= 15 is 0 Å². The fourth-order valence-electron chi connectivity index (χ4n) is 1.58. The highest BCUT2D eigenvalue weighted by molar-refractivity contribution is 5.91. The van der Waals surface area contributed by atoms with Gasteiger partial charge in [0.2, 0.25) is 0 Å². The molecule has 1 atom stereocenters. The standard InChI is InChI=1S/C12H20N2O2/c1-12(2,3)7-9(13)8-14-11(15)10-5-4-6-16-10/h4-6,9H,7-8,13H2,1-3H3,(H,14,15). The Morgan fingerprint density at radius 2 is 2.25 bits per heavy atom. The molecule has 16 heavy (non-hydrogen) atoms. The smallest absolute Gasteiger partial charge is 0.287 e. The van der Waals surface area contributed by atoms with Gasteiger partial charge in [-0.1, -0.05) is 20.8 Å². The largest absolute Gasteiger partial charge is 0.459 e. The predicted octanol–water partition coefficient (Wildman–Crippen LogP) is 1.77. The summed E-state index contributed by atoms with van der Waals surface area (Å²) in [5.74, 6) is 0.109. The van der Waals surface area contributed by atoms with Crippen molar-refractivity contribution < 1.29 is 9.21 Å². The highest BCUT2D eigenvalue weighted by Gasteiger charge is 2.16. The summed E-state index contributed by atoms with van der Waals surface area (Å²) in [5.41, 5.74) is 6.09. The number of amides is 1. The number of hydrogen-bond donors (Lipinski definition) is 2. The normalized spacial score (nSPS) is 13.5. The summed E-state index contributed by atoms with van der Waals surface area (Å²) in [6.45, 7) is 6.85. The lowest BCUT2D eigenvalue weighted by atomic mass is 9.88. The number of nitrogens with one attached hydrogen (secondary N) is 1. The molecule has 1 unspecified atom stereocenters. The van der Waals surface area contributed by atoms with Crippen LogP contribution in [0.25, 0.3) is 0 Å². The van der Waals surface area contributed by atoms with E-state index < -0.39 is 0 Å². The van der Waals surface area contributed by atoms with E-state index in [0.29, 0.717) is 12.3 Å². The Morgan fingerprint density at radius 3 is 2.75 bits per heavy atom. The zero-order valence-corrected chi connectivity index (χ0v) is 10.1. The third-order valence-corrected chi connectivity index (χ3v) is 2.14. The molecule has 0 aliphatic rings. The highest BCUT2D eigenvalue weighted by Crippen LogP contribution is 2.19. The Labute approximate surface area is 96.2 Å². The third-order valence-electron chi connectivity index (χ3n) is 2.14. The van der Waals surface area contributed by atoms with Gasteiger partial charge < -0.3 is 15.5 Å². The van der Waals surface area contributed by atoms with Crippen molar-refractivity contribution in [1.82, 2.24) is 5.32 Å². The minimum absolute atomic E-state index is 0.0288. The van der Waals surface area contributed by atoms with Crippen LogP contribution in [0.1, 0.15) is 37.7 Å². The molecule has 0 aliphatic heterocycles. The van der Waals surface area contributed by atoms with Crippen LogP contribution in [-0.2, 0) is 0 Å². The maximum absolute atomic E-state index is 11.5. The van der Waals surface area contributed by atoms with E-state index in [9.17, 15) is 4.79 Å². The third kappa shape index (κ3) is 4.49. The number of nitrogens with two attached hydrogens (primary N) is 1. The zero-order chi connectivity index (χ0) is 12.2. The van der Waals surface area contributed by atoms with Crippen molar-refractivity contribution >= 4 is 5.91 Å². The topological polar surface area (TPSA) is 68.3 Å². The fourth-order valence-corrected chi connectivity index (χ4v) is 1.58. The number of furan rings is 1. The van der Waals surface area contributed by atoms with Gasteiger partial charge in [-0.15, -0.1) is 0 Å². The maximum Gasteiger partial charge on any atom is 0.287 e. The molecule has 1 amide bonds. The van der Waals surface area contributed by atoms with Crippen molar-refractivity contribution in [3.05, 3.63) is 24.2 Å². The molecule has 4 heteroatoms. The first kappa shape index (κ1) is 12.8. The average Bonchev–Trinajstić information content (AvgIpc) is 2.64. The summed E-state index contributed by atoms with van der Waals surface area (Å²) in [6.07, 6.45) is 2.34. The molecule has 1 rings (SSSR count). The summed E-state index contributed by atoms with van der Waals surface area (Å²) in [4.78, 5) is 11.5. The quantitative estimate of drug-likeness (QED) is 0.819. The Bertz CT molecular complexity index is 325. The van der Waals surface area contributed by atoms with Crippen molar-refractivity contribution in [2.75, 3.05) is 6.54 Å². The molecule has 0 saturated heterocycles. The Morgan fingerprint density at radius 1 is 1.56 bits per heavy atom. The van der Waals surface area contributed by atoms with Gasteiger partial charge in [0.25, 0.3) is 5.91 Å². The number of rotatable bonds is 4. The van der Waals surface area contributed by atoms with E-state index in [1.807, 2.05) is 0 Å². The van der Waals surface area contributed by atoms with Crippen LogP contribution in [0.2, 0.25) is 0 Å². The van der Waals surface area contributed by atoms with E-state index in [0.717, 1.165) is 6.42 Å². The van der Waals surface area contributed by atoms with E-state index in [-0.39, 0.29) is 17.4 Å². The minimum atomic E-state index is -0.214. The van der Waals surface area contributed by atoms with Crippen molar-refractivity contribution in [2.45, 2.75) is 33.2 Å². The monoisotopic (exact) mass is 224 g/mol. The molecule has 3 N–H and O–H groups in total. The first-order chi connectivity index (χ1) is 7.38. The number of carbonyl (C=O) groups is 1. The molecule has 0 saturated carbocycles. The number of hydrogen-bond acceptors (Lipinski definition) is 3. The minimum Gasteiger partial charge on any atom is -0.459 e. The van der Waals surface area contributed by atoms with Gasteiger partial charge >= 0.3 is 0 Å². The summed E-state index contributed by atoms with van der Waals surface area (Å²) >= 11 is 0. The fraction of sp³-hybridized carbons (Fsp3) is 0.583. The van der Waals surface area contributed by atoms with Crippen LogP contribution < -0.4 is 11.1 Å². The first-order valence-electron chi connectivity index (χ1n) is 5.46. The van der Waals surface area contributed by atoms with Gasteiger partial charge in [0.15, 0.2) is 5.76 Å². The van der Waals surface area contributed by atoms with E-state index in [2.05, 4.69) is 26.1 Å². The molecule has 0 spiro atoms. The molecule has 1 heterocycles. The number of carbonyl (C=O) groups excluding carboxylic acids is 1. The van der Waals surface area contributed by atoms with Crippen molar-refractivity contribution in [2.24, 2.45) is 11.1 Å². The predicted molar refractivity (Wildman–Crippen MR) is 63.1 cm³/mol. The lowest BCUT2D eigenvalue weighted by Gasteiger charge is -2.23. The van der Waals surface area contributed by atoms with Crippen LogP contribution in [0, 0.1) is 5.41 Å². The van der Waals surface area contributed by atoms with Crippen LogP contribution >= 0.6 is 0 Å². The van der Waals surface area contributed by atoms with Crippen LogP contribution in [0.15, 0.2) is 22.8 Å². The van der Waals surface area contributed by atoms with Gasteiger partial charge in [0.1, 0.15) is 0 Å². The molecule has 90 valence electrons. The summed E-state index contributed by atoms with van der Waals surface area (Å²) < 4.78 is 4.98. The molecule has 0 radical (unpaired) electrons. The highest BCUT2D eigenvalue weighted by atomic mass is 16.3. The molecular weight excluding hydrogens is 204 g/mol. The summed E-state index contributed by atoms with van der Waals surface area (Å²) in [6, 6.07) is 3.29. The molecule has 0 aromatic carbocycles. The summed E-state index contributed by atoms with van der Waals surface area (Å²) in [7, 11) is 0. The van der Waals surface area contributed by atoms with Gasteiger partial charge in [0, 0.05) is 12.6 Å². The zero-order valence-electron chi connectivity index (χ0n) is 10.1. The SMILES string of the molecule is CC(C)(C)CC(N)CNC(=O)c1ccco1. The molecule has 0 fully saturated rings. The Kier molecular flexibility index (Phi) is 4.12. The molecule has 0 aliphatic carbocycles. The lowest BCUT2D eigenvalue weighted by Crippen LogP contribution is -2.39. The second kappa shape index (κ2) is 5.16. The Balaban J connectivity index is 2.32. The molecule has 0 bridgehead atoms. The average molecular weight is 224 g/mol. The molecular formula is C12H20N2O2. The van der Waals surface area contributed by atoms with E-state index in [1.54, 1.807) is 12.1 Å². The van der Waals surface area contributed by atoms with Crippen LogP contribution in [0.4, 0.5) is 0 Å². The summed E-state index contributed by atoms with van der Waals surface area (Å²) in [5, 5.41) is 2.75. The van der Waals surface area contributed by atoms with Gasteiger partial charge in [-0.3, -0.25) is 4.79 Å². The first-order valence-corrected chi connectivity index (χ1v) is 5.46. The second-order valence-electron chi connectivity index (χ2n) is 5.21. The van der Waals surface area contributed by atoms with Crippen molar-refractivity contribution in [3.8, 4) is 0 Å². The van der Waals surface area contributed by atoms with E-state index in [4.69, 9.17) is 10.2 Å². The van der Waals surface area contributed by atoms with Crippen LogP contribution in [-0.4, -0.2) is 18.5 Å². The lowest BCUT2D eigenvalue weighted by molar-refractivity contribution is 0.0921. The van der Waals surface area contributed by atoms with Gasteiger partial charge in [0.05, 0.1) is 6.26 Å². The Hall–Kier alpha value is -1.29. The van der Waals surface area contributed by atoms with Gasteiger partial charge in [-0.25, -0.2) is 0 Å². The van der Waals surface area contributed by atoms with Crippen LogP contribution in [0.3, 0.4) is 0 Å². The maximum atomic E-state index is 11.5.